The molecular weight excluding hydrogens is 319 g/mol. The summed E-state index contributed by atoms with van der Waals surface area (Å²) in [7, 11) is 0. The Bertz CT molecular complexity index is 343. The Morgan fingerprint density at radius 2 is 1.33 bits per heavy atom. The van der Waals surface area contributed by atoms with E-state index in [-0.39, 0.29) is 37.7 Å². The fraction of sp³-hybridized carbons (Fsp3) is 0.308. The molecule has 0 atom stereocenters. The van der Waals surface area contributed by atoms with Gasteiger partial charge in [-0.3, -0.25) is 0 Å². The second-order valence-electron chi connectivity index (χ2n) is 2.98. The molecule has 0 saturated carbocycles. The second kappa shape index (κ2) is 16.1. The van der Waals surface area contributed by atoms with Crippen molar-refractivity contribution in [3.8, 4) is 0 Å². The fourth-order valence-electron chi connectivity index (χ4n) is 0.872. The van der Waals surface area contributed by atoms with Gasteiger partial charge in [-0.15, -0.1) is 0 Å². The minimum atomic E-state index is -0.984. The summed E-state index contributed by atoms with van der Waals surface area (Å²) in [5.41, 5.74) is 0. The van der Waals surface area contributed by atoms with E-state index in [1.807, 2.05) is 30.3 Å². The summed E-state index contributed by atoms with van der Waals surface area (Å²) in [4.78, 5) is 32.1. The number of nitrogens with one attached hydrogen (secondary N) is 2. The van der Waals surface area contributed by atoms with Gasteiger partial charge in [0.25, 0.3) is 0 Å². The zero-order valence-electron chi connectivity index (χ0n) is 12.2. The Balaban J connectivity index is -0.000000391. The van der Waals surface area contributed by atoms with E-state index in [0.717, 1.165) is 0 Å². The van der Waals surface area contributed by atoms with Crippen LogP contribution in [0.3, 0.4) is 0 Å². The summed E-state index contributed by atoms with van der Waals surface area (Å²) >= 11 is 0. The molecule has 0 saturated heterocycles. The summed E-state index contributed by atoms with van der Waals surface area (Å²) in [5.74, 6) is 0. The third-order valence-corrected chi connectivity index (χ3v) is 1.54. The van der Waals surface area contributed by atoms with E-state index >= 15 is 0 Å². The molecule has 21 heavy (non-hydrogen) atoms. The molecule has 0 unspecified atom stereocenters. The van der Waals surface area contributed by atoms with Gasteiger partial charge in [0.2, 0.25) is 0 Å². The summed E-state index contributed by atoms with van der Waals surface area (Å²) < 4.78 is 8.78. The van der Waals surface area contributed by atoms with Crippen molar-refractivity contribution in [1.29, 1.82) is 0 Å². The van der Waals surface area contributed by atoms with Gasteiger partial charge in [-0.2, -0.15) is 18.2 Å². The Kier molecular flexibility index (Phi) is 18.5. The van der Waals surface area contributed by atoms with Crippen molar-refractivity contribution in [1.82, 2.24) is 10.6 Å². The first-order chi connectivity index (χ1) is 9.10. The van der Waals surface area contributed by atoms with E-state index < -0.39 is 18.2 Å². The predicted octanol–water partition coefficient (Wildman–Crippen LogP) is 2.45. The smallest absolute Gasteiger partial charge is 0.450 e. The van der Waals surface area contributed by atoms with Gasteiger partial charge in [0, 0.05) is 0 Å². The van der Waals surface area contributed by atoms with Crippen LogP contribution in [0.2, 0.25) is 0 Å². The van der Waals surface area contributed by atoms with Crippen LogP contribution in [0.1, 0.15) is 13.8 Å². The molecule has 0 aliphatic carbocycles. The SMILES string of the molecule is CCOC(=O)NC(=O)NC(=O)OCC.[CH3-].[Mn+2].c1cc[cH-]c1. The van der Waals surface area contributed by atoms with Crippen LogP contribution in [-0.2, 0) is 26.5 Å². The zero-order valence-corrected chi connectivity index (χ0v) is 13.4. The Morgan fingerprint density at radius 3 is 1.57 bits per heavy atom. The number of carbonyl (C=O) groups excluding carboxylic acids is 3. The average Bonchev–Trinajstić information content (AvgIpc) is 2.87. The maximum atomic E-state index is 10.8. The van der Waals surface area contributed by atoms with Crippen molar-refractivity contribution in [2.75, 3.05) is 13.2 Å². The van der Waals surface area contributed by atoms with Gasteiger partial charge in [0.1, 0.15) is 0 Å². The van der Waals surface area contributed by atoms with Crippen LogP contribution in [0.25, 0.3) is 0 Å². The molecule has 0 aliphatic rings. The molecule has 0 fully saturated rings. The van der Waals surface area contributed by atoms with E-state index in [1.165, 1.54) is 0 Å². The predicted molar refractivity (Wildman–Crippen MR) is 74.2 cm³/mol. The molecule has 4 amide bonds. The molecule has 2 N–H and O–H groups in total. The van der Waals surface area contributed by atoms with Crippen LogP contribution in [0, 0.1) is 7.43 Å². The Labute approximate surface area is 135 Å². The van der Waals surface area contributed by atoms with Crippen LogP contribution in [0.15, 0.2) is 30.3 Å². The largest absolute Gasteiger partial charge is 2.00 e. The minimum absolute atomic E-state index is 0. The van der Waals surface area contributed by atoms with Gasteiger partial charge in [-0.25, -0.2) is 37.1 Å². The first-order valence-corrected chi connectivity index (χ1v) is 5.68. The minimum Gasteiger partial charge on any atom is -0.450 e. The summed E-state index contributed by atoms with van der Waals surface area (Å²) in [6.45, 7) is 3.45. The van der Waals surface area contributed by atoms with Crippen molar-refractivity contribution in [2.24, 2.45) is 0 Å². The third-order valence-electron chi connectivity index (χ3n) is 1.54. The van der Waals surface area contributed by atoms with Crippen molar-refractivity contribution >= 4 is 18.2 Å². The molecule has 0 bridgehead atoms. The molecule has 0 aromatic heterocycles. The molecule has 8 heteroatoms. The van der Waals surface area contributed by atoms with Gasteiger partial charge in [-0.1, -0.05) is 0 Å². The molecule has 1 rings (SSSR count). The Hall–Kier alpha value is -1.92. The molecule has 1 aromatic rings. The van der Waals surface area contributed by atoms with Gasteiger partial charge in [-0.05, 0) is 13.8 Å². The standard InChI is InChI=1S/C7H12N2O5.C5H5.CH3.Mn/c1-3-13-6(11)8-5(10)9-7(12)14-4-2;1-2-4-5-3-1;;/h3-4H2,1-2H3,(H2,8,9,10,11,12);1-5H;1H3;/q;2*-1;+2. The van der Waals surface area contributed by atoms with Gasteiger partial charge >= 0.3 is 35.3 Å². The van der Waals surface area contributed by atoms with Gasteiger partial charge < -0.3 is 16.9 Å². The number of hydrogen-bond donors (Lipinski definition) is 2. The molecule has 0 heterocycles. The normalized spacial score (nSPS) is 7.71. The van der Waals surface area contributed by atoms with Crippen molar-refractivity contribution < 1.29 is 40.9 Å². The third kappa shape index (κ3) is 16.0. The Morgan fingerprint density at radius 1 is 0.952 bits per heavy atom. The van der Waals surface area contributed by atoms with Crippen LogP contribution >= 0.6 is 0 Å². The van der Waals surface area contributed by atoms with Crippen LogP contribution in [0.5, 0.6) is 0 Å². The van der Waals surface area contributed by atoms with E-state index in [1.54, 1.807) is 24.5 Å². The number of rotatable bonds is 2. The quantitative estimate of drug-likeness (QED) is 0.638. The molecule has 0 spiro atoms. The van der Waals surface area contributed by atoms with E-state index in [0.29, 0.717) is 0 Å². The maximum absolute atomic E-state index is 10.8. The number of hydrogen-bond acceptors (Lipinski definition) is 5. The van der Waals surface area contributed by atoms with E-state index in [9.17, 15) is 14.4 Å². The van der Waals surface area contributed by atoms with Crippen molar-refractivity contribution in [3.63, 3.8) is 0 Å². The van der Waals surface area contributed by atoms with Crippen LogP contribution in [0.4, 0.5) is 14.4 Å². The average molecular weight is 339 g/mol. The zero-order chi connectivity index (χ0) is 14.5. The molecule has 7 nitrogen and oxygen atoms in total. The molecule has 1 radical (unpaired) electrons. The molecule has 1 aromatic carbocycles. The first-order valence-electron chi connectivity index (χ1n) is 5.68. The van der Waals surface area contributed by atoms with Crippen LogP contribution in [-0.4, -0.2) is 31.4 Å². The number of ether oxygens (including phenoxy) is 2. The number of amides is 4. The maximum Gasteiger partial charge on any atom is 2.00 e. The topological polar surface area (TPSA) is 93.7 Å². The molecule has 119 valence electrons. The number of imide groups is 2. The monoisotopic (exact) mass is 339 g/mol. The number of carbonyl (C=O) groups is 3. The van der Waals surface area contributed by atoms with Crippen LogP contribution < -0.4 is 10.6 Å². The summed E-state index contributed by atoms with van der Waals surface area (Å²) in [5, 5.41) is 3.52. The van der Waals surface area contributed by atoms with Crippen molar-refractivity contribution in [2.45, 2.75) is 13.8 Å². The molecule has 0 aliphatic heterocycles. The number of urea groups is 1. The fourth-order valence-corrected chi connectivity index (χ4v) is 0.872. The summed E-state index contributed by atoms with van der Waals surface area (Å²) in [6, 6.07) is 9.02. The van der Waals surface area contributed by atoms with Gasteiger partial charge in [0.15, 0.2) is 0 Å². The molecular formula is C13H20MnN2O5. The van der Waals surface area contributed by atoms with E-state index in [4.69, 9.17) is 0 Å². The van der Waals surface area contributed by atoms with Gasteiger partial charge in [0.05, 0.1) is 13.2 Å². The second-order valence-corrected chi connectivity index (χ2v) is 2.98. The first kappa shape index (κ1) is 24.1. The summed E-state index contributed by atoms with van der Waals surface area (Å²) in [6.07, 6.45) is -1.84. The number of alkyl carbamates (subject to hydrolysis) is 2. The van der Waals surface area contributed by atoms with Crippen molar-refractivity contribution in [3.05, 3.63) is 37.8 Å². The van der Waals surface area contributed by atoms with E-state index in [2.05, 4.69) is 9.47 Å².